The molecule has 0 radical (unpaired) electrons. The minimum absolute atomic E-state index is 0.0382. The van der Waals surface area contributed by atoms with Gasteiger partial charge in [0.05, 0.1) is 0 Å². The molecule has 0 aromatic heterocycles. The average molecular weight is 155 g/mol. The maximum Gasteiger partial charge on any atom is 0.237 e. The molecule has 0 aliphatic heterocycles. The summed E-state index contributed by atoms with van der Waals surface area (Å²) < 4.78 is 0. The van der Waals surface area contributed by atoms with E-state index in [0.717, 1.165) is 12.8 Å². The summed E-state index contributed by atoms with van der Waals surface area (Å²) in [5, 5.41) is 8.47. The summed E-state index contributed by atoms with van der Waals surface area (Å²) in [5.74, 6) is -0.456. The predicted molar refractivity (Wildman–Crippen MR) is 41.3 cm³/mol. The summed E-state index contributed by atoms with van der Waals surface area (Å²) in [5.41, 5.74) is 4.91. The number of nitrogens with two attached hydrogens (primary N) is 1. The highest BCUT2D eigenvalue weighted by atomic mass is 16.1. The first-order valence-corrected chi connectivity index (χ1v) is 3.63. The van der Waals surface area contributed by atoms with Crippen molar-refractivity contribution in [3.05, 3.63) is 0 Å². The zero-order chi connectivity index (χ0) is 8.69. The van der Waals surface area contributed by atoms with E-state index in [1.54, 1.807) is 0 Å². The van der Waals surface area contributed by atoms with Crippen LogP contribution in [0.2, 0.25) is 0 Å². The van der Waals surface area contributed by atoms with Gasteiger partial charge in [-0.15, -0.1) is 0 Å². The molecular weight excluding hydrogens is 142 g/mol. The fourth-order valence-electron chi connectivity index (χ4n) is 0.701. The van der Waals surface area contributed by atoms with Gasteiger partial charge in [0, 0.05) is 6.54 Å². The van der Waals surface area contributed by atoms with Gasteiger partial charge in [0.1, 0.15) is 6.54 Å². The smallest absolute Gasteiger partial charge is 0.237 e. The van der Waals surface area contributed by atoms with E-state index < -0.39 is 5.91 Å². The third-order valence-electron chi connectivity index (χ3n) is 1.27. The van der Waals surface area contributed by atoms with Crippen molar-refractivity contribution in [1.29, 1.82) is 5.26 Å². The maximum atomic E-state index is 10.4. The van der Waals surface area contributed by atoms with Crippen molar-refractivity contribution in [1.82, 2.24) is 4.90 Å². The Hall–Kier alpha value is -1.24. The Labute approximate surface area is 66.6 Å². The Bertz CT molecular complexity index is 162. The van der Waals surface area contributed by atoms with Gasteiger partial charge in [0.15, 0.2) is 6.19 Å². The van der Waals surface area contributed by atoms with Crippen LogP contribution in [-0.4, -0.2) is 23.9 Å². The van der Waals surface area contributed by atoms with Gasteiger partial charge >= 0.3 is 0 Å². The van der Waals surface area contributed by atoms with Crippen LogP contribution in [-0.2, 0) is 4.79 Å². The Morgan fingerprint density at radius 3 is 2.73 bits per heavy atom. The fourth-order valence-corrected chi connectivity index (χ4v) is 0.701. The van der Waals surface area contributed by atoms with Crippen LogP contribution in [0.1, 0.15) is 19.8 Å². The van der Waals surface area contributed by atoms with Gasteiger partial charge in [-0.25, -0.2) is 0 Å². The molecule has 4 nitrogen and oxygen atoms in total. The molecule has 0 atom stereocenters. The standard InChI is InChI=1S/C7H13N3O/c1-2-3-4-10(6-8)5-7(9)11/h2-5H2,1H3,(H2,9,11). The molecule has 1 amide bonds. The number of nitriles is 1. The first-order chi connectivity index (χ1) is 5.20. The van der Waals surface area contributed by atoms with Gasteiger partial charge in [-0.3, -0.25) is 4.79 Å². The van der Waals surface area contributed by atoms with Crippen molar-refractivity contribution in [2.24, 2.45) is 5.73 Å². The summed E-state index contributed by atoms with van der Waals surface area (Å²) in [6.07, 6.45) is 3.83. The number of amides is 1. The fraction of sp³-hybridized carbons (Fsp3) is 0.714. The van der Waals surface area contributed by atoms with Crippen molar-refractivity contribution < 1.29 is 4.79 Å². The Kier molecular flexibility index (Phi) is 4.91. The van der Waals surface area contributed by atoms with Crippen LogP contribution in [0.25, 0.3) is 0 Å². The lowest BCUT2D eigenvalue weighted by atomic mass is 10.3. The Morgan fingerprint density at radius 2 is 2.36 bits per heavy atom. The number of nitrogens with zero attached hydrogens (tertiary/aromatic N) is 2. The van der Waals surface area contributed by atoms with Gasteiger partial charge in [-0.1, -0.05) is 13.3 Å². The van der Waals surface area contributed by atoms with E-state index in [1.807, 2.05) is 13.1 Å². The van der Waals surface area contributed by atoms with Gasteiger partial charge in [0.25, 0.3) is 0 Å². The second-order valence-corrected chi connectivity index (χ2v) is 2.34. The van der Waals surface area contributed by atoms with Gasteiger partial charge in [-0.05, 0) is 6.42 Å². The van der Waals surface area contributed by atoms with Crippen LogP contribution < -0.4 is 5.73 Å². The third kappa shape index (κ3) is 5.22. The molecule has 11 heavy (non-hydrogen) atoms. The molecule has 62 valence electrons. The lowest BCUT2D eigenvalue weighted by Crippen LogP contribution is -2.30. The Morgan fingerprint density at radius 1 is 1.73 bits per heavy atom. The number of unbranched alkanes of at least 4 members (excludes halogenated alkanes) is 1. The largest absolute Gasteiger partial charge is 0.368 e. The highest BCUT2D eigenvalue weighted by molar-refractivity contribution is 5.76. The van der Waals surface area contributed by atoms with Crippen molar-refractivity contribution in [3.63, 3.8) is 0 Å². The molecule has 0 saturated carbocycles. The van der Waals surface area contributed by atoms with Gasteiger partial charge in [0.2, 0.25) is 5.91 Å². The highest BCUT2D eigenvalue weighted by Gasteiger charge is 2.03. The topological polar surface area (TPSA) is 70.1 Å². The van der Waals surface area contributed by atoms with E-state index >= 15 is 0 Å². The van der Waals surface area contributed by atoms with Crippen LogP contribution in [0, 0.1) is 11.5 Å². The molecule has 0 aliphatic rings. The summed E-state index contributed by atoms with van der Waals surface area (Å²) in [6, 6.07) is 0. The molecule has 0 saturated heterocycles. The Balaban J connectivity index is 3.60. The van der Waals surface area contributed by atoms with Gasteiger partial charge < -0.3 is 10.6 Å². The quantitative estimate of drug-likeness (QED) is 0.450. The molecule has 0 aromatic carbocycles. The zero-order valence-electron chi connectivity index (χ0n) is 6.71. The van der Waals surface area contributed by atoms with Gasteiger partial charge in [-0.2, -0.15) is 5.26 Å². The molecule has 0 rings (SSSR count). The van der Waals surface area contributed by atoms with E-state index in [-0.39, 0.29) is 6.54 Å². The first kappa shape index (κ1) is 9.76. The summed E-state index contributed by atoms with van der Waals surface area (Å²) in [6.45, 7) is 2.69. The average Bonchev–Trinajstić information content (AvgIpc) is 1.97. The van der Waals surface area contributed by atoms with E-state index in [4.69, 9.17) is 11.0 Å². The summed E-state index contributed by atoms with van der Waals surface area (Å²) >= 11 is 0. The second kappa shape index (κ2) is 5.54. The normalized spacial score (nSPS) is 8.73. The molecule has 4 heteroatoms. The molecular formula is C7H13N3O. The number of carbonyl (C=O) groups excluding carboxylic acids is 1. The maximum absolute atomic E-state index is 10.4. The third-order valence-corrected chi connectivity index (χ3v) is 1.27. The number of hydrogen-bond acceptors (Lipinski definition) is 3. The monoisotopic (exact) mass is 155 g/mol. The molecule has 0 spiro atoms. The summed E-state index contributed by atoms with van der Waals surface area (Å²) in [4.78, 5) is 11.7. The van der Waals surface area contributed by atoms with Crippen LogP contribution in [0.4, 0.5) is 0 Å². The van der Waals surface area contributed by atoms with Crippen molar-refractivity contribution in [2.45, 2.75) is 19.8 Å². The lowest BCUT2D eigenvalue weighted by molar-refractivity contribution is -0.118. The van der Waals surface area contributed by atoms with E-state index in [2.05, 4.69) is 0 Å². The molecule has 0 unspecified atom stereocenters. The molecule has 0 fully saturated rings. The van der Waals surface area contributed by atoms with Crippen LogP contribution in [0.3, 0.4) is 0 Å². The molecule has 2 N–H and O–H groups in total. The summed E-state index contributed by atoms with van der Waals surface area (Å²) in [7, 11) is 0. The van der Waals surface area contributed by atoms with E-state index in [1.165, 1.54) is 4.90 Å². The first-order valence-electron chi connectivity index (χ1n) is 3.63. The molecule has 0 bridgehead atoms. The van der Waals surface area contributed by atoms with Crippen molar-refractivity contribution in [2.75, 3.05) is 13.1 Å². The SMILES string of the molecule is CCCCN(C#N)CC(N)=O. The van der Waals surface area contributed by atoms with Crippen LogP contribution in [0.15, 0.2) is 0 Å². The minimum atomic E-state index is -0.456. The second-order valence-electron chi connectivity index (χ2n) is 2.34. The molecule has 0 heterocycles. The van der Waals surface area contributed by atoms with E-state index in [0.29, 0.717) is 6.54 Å². The highest BCUT2D eigenvalue weighted by Crippen LogP contribution is 1.91. The predicted octanol–water partition coefficient (Wildman–Crippen LogP) is 0.0549. The van der Waals surface area contributed by atoms with Crippen LogP contribution >= 0.6 is 0 Å². The number of rotatable bonds is 5. The number of hydrogen-bond donors (Lipinski definition) is 1. The molecule has 0 aromatic rings. The van der Waals surface area contributed by atoms with Crippen molar-refractivity contribution >= 4 is 5.91 Å². The van der Waals surface area contributed by atoms with Crippen molar-refractivity contribution in [3.8, 4) is 6.19 Å². The lowest BCUT2D eigenvalue weighted by Gasteiger charge is -2.11. The minimum Gasteiger partial charge on any atom is -0.368 e. The van der Waals surface area contributed by atoms with E-state index in [9.17, 15) is 4.79 Å². The number of carbonyl (C=O) groups is 1. The zero-order valence-corrected chi connectivity index (χ0v) is 6.71. The molecule has 0 aliphatic carbocycles. The number of primary amides is 1. The van der Waals surface area contributed by atoms with Crippen LogP contribution in [0.5, 0.6) is 0 Å².